The molecular formula is C47H59N5O2. The molecule has 3 aliphatic rings. The molecule has 3 heterocycles. The number of aromatic hydroxyl groups is 2. The predicted octanol–water partition coefficient (Wildman–Crippen LogP) is 12.7. The number of benzene rings is 6. The lowest BCUT2D eigenvalue weighted by Crippen LogP contribution is -2.11. The lowest BCUT2D eigenvalue weighted by molar-refractivity contribution is 0.403. The highest BCUT2D eigenvalue weighted by molar-refractivity contribution is 5.80. The van der Waals surface area contributed by atoms with Gasteiger partial charge in [-0.3, -0.25) is 0 Å². The number of hydrogen-bond donors (Lipinski definition) is 7. The maximum Gasteiger partial charge on any atom is 0.159 e. The van der Waals surface area contributed by atoms with Crippen molar-refractivity contribution in [2.75, 3.05) is 27.4 Å². The summed E-state index contributed by atoms with van der Waals surface area (Å²) in [6.07, 6.45) is 2.78. The topological polar surface area (TPSA) is 129 Å². The minimum absolute atomic E-state index is 0.0695. The van der Waals surface area contributed by atoms with Crippen LogP contribution in [0.5, 0.6) is 11.5 Å². The molecule has 0 bridgehead atoms. The first-order chi connectivity index (χ1) is 26.4. The molecular weight excluding hydrogens is 667 g/mol. The Morgan fingerprint density at radius 2 is 0.648 bits per heavy atom. The molecule has 7 heteroatoms. The van der Waals surface area contributed by atoms with E-state index in [4.69, 9.17) is 11.5 Å². The van der Waals surface area contributed by atoms with Crippen molar-refractivity contribution in [1.82, 2.24) is 0 Å². The molecule has 0 spiro atoms. The molecule has 0 fully saturated rings. The van der Waals surface area contributed by atoms with Gasteiger partial charge in [0.05, 0.1) is 11.4 Å². The number of phenolic OH excluding ortho intramolecular Hbond substituents is 2. The van der Waals surface area contributed by atoms with E-state index < -0.39 is 0 Å². The Kier molecular flexibility index (Phi) is 16.8. The van der Waals surface area contributed by atoms with Gasteiger partial charge in [-0.1, -0.05) is 128 Å². The Hall–Kier alpha value is -6.08. The summed E-state index contributed by atoms with van der Waals surface area (Å²) >= 11 is 0. The van der Waals surface area contributed by atoms with E-state index in [1.807, 2.05) is 85.7 Å². The minimum Gasteiger partial charge on any atom is -0.504 e. The number of nitrogens with two attached hydrogens (primary N) is 2. The quantitative estimate of drug-likeness (QED) is 0.0471. The fourth-order valence-corrected chi connectivity index (χ4v) is 6.05. The van der Waals surface area contributed by atoms with Crippen LogP contribution in [0.2, 0.25) is 0 Å². The van der Waals surface area contributed by atoms with Gasteiger partial charge in [-0.25, -0.2) is 0 Å². The molecule has 0 atom stereocenters. The average Bonchev–Trinajstić information content (AvgIpc) is 3.23. The number of anilines is 8. The van der Waals surface area contributed by atoms with E-state index in [1.165, 1.54) is 50.6 Å². The van der Waals surface area contributed by atoms with Crippen molar-refractivity contribution >= 4 is 45.5 Å². The van der Waals surface area contributed by atoms with Gasteiger partial charge in [0.2, 0.25) is 0 Å². The summed E-state index contributed by atoms with van der Waals surface area (Å²) in [6.45, 7) is 16.0. The molecule has 0 aliphatic carbocycles. The third-order valence-corrected chi connectivity index (χ3v) is 8.53. The molecule has 54 heavy (non-hydrogen) atoms. The monoisotopic (exact) mass is 725 g/mol. The molecule has 7 nitrogen and oxygen atoms in total. The molecule has 9 N–H and O–H groups in total. The van der Waals surface area contributed by atoms with Crippen LogP contribution < -0.4 is 27.4 Å². The van der Waals surface area contributed by atoms with Gasteiger partial charge in [-0.05, 0) is 75.8 Å². The summed E-state index contributed by atoms with van der Waals surface area (Å²) in [4.78, 5) is 0. The highest BCUT2D eigenvalue weighted by Gasteiger charge is 2.21. The molecule has 0 saturated heterocycles. The number of nitrogens with one attached hydrogen (secondary N) is 3. The zero-order valence-corrected chi connectivity index (χ0v) is 33.2. The van der Waals surface area contributed by atoms with Crippen LogP contribution in [0.4, 0.5) is 45.5 Å². The summed E-state index contributed by atoms with van der Waals surface area (Å²) in [5.74, 6) is -0.162. The van der Waals surface area contributed by atoms with Crippen molar-refractivity contribution in [3.05, 3.63) is 155 Å². The smallest absolute Gasteiger partial charge is 0.159 e. The van der Waals surface area contributed by atoms with E-state index in [-0.39, 0.29) is 11.5 Å². The highest BCUT2D eigenvalue weighted by Crippen LogP contribution is 2.41. The van der Waals surface area contributed by atoms with E-state index in [2.05, 4.69) is 82.7 Å². The lowest BCUT2D eigenvalue weighted by Gasteiger charge is -2.27. The lowest BCUT2D eigenvalue weighted by atomic mass is 9.91. The Morgan fingerprint density at radius 3 is 1.02 bits per heavy atom. The molecule has 6 aromatic carbocycles. The van der Waals surface area contributed by atoms with Crippen molar-refractivity contribution in [3.8, 4) is 11.5 Å². The molecule has 6 aromatic rings. The summed E-state index contributed by atoms with van der Waals surface area (Å²) in [6, 6.07) is 40.2. The number of para-hydroxylation sites is 5. The fraction of sp³-hybridized carbons (Fsp3) is 0.234. The second-order valence-electron chi connectivity index (χ2n) is 11.7. The van der Waals surface area contributed by atoms with Gasteiger partial charge in [0.15, 0.2) is 11.5 Å². The van der Waals surface area contributed by atoms with Crippen LogP contribution in [0, 0.1) is 0 Å². The van der Waals surface area contributed by atoms with Crippen LogP contribution in [0.25, 0.3) is 0 Å². The van der Waals surface area contributed by atoms with E-state index in [0.717, 1.165) is 36.2 Å². The van der Waals surface area contributed by atoms with Gasteiger partial charge in [0, 0.05) is 59.5 Å². The largest absolute Gasteiger partial charge is 0.504 e. The summed E-state index contributed by atoms with van der Waals surface area (Å²) < 4.78 is 0. The average molecular weight is 726 g/mol. The van der Waals surface area contributed by atoms with Gasteiger partial charge in [0.1, 0.15) is 0 Å². The summed E-state index contributed by atoms with van der Waals surface area (Å²) in [7, 11) is 0. The first kappa shape index (κ1) is 42.3. The SMILES string of the molecule is CC.CC.CC.CC.Nc1ccccc1N.Oc1cc2c(cc1O)Nc1ccccc1C2.c1ccc2c(c1)Cc1cc3c(cc1N2)Nc1ccccc1C3. The van der Waals surface area contributed by atoms with Crippen molar-refractivity contribution in [2.45, 2.75) is 74.7 Å². The minimum atomic E-state index is -0.0920. The van der Waals surface area contributed by atoms with Crippen molar-refractivity contribution in [3.63, 3.8) is 0 Å². The zero-order valence-electron chi connectivity index (χ0n) is 33.2. The van der Waals surface area contributed by atoms with Gasteiger partial charge in [-0.2, -0.15) is 0 Å². The molecule has 3 aliphatic heterocycles. The molecule has 0 unspecified atom stereocenters. The molecule has 0 radical (unpaired) electrons. The predicted molar refractivity (Wildman–Crippen MR) is 234 cm³/mol. The molecule has 9 rings (SSSR count). The standard InChI is InChI=1S/C20H16N2.C13H11NO2.C6H8N2.4C2H6/c1-3-7-17-13(5-1)9-15-11-16-10-14-6-2-4-8-18(14)22-20(16)12-19(15)21-17;15-12-6-9-5-8-3-1-2-4-10(8)14-11(9)7-13(12)16;7-5-3-1-2-4-6(5)8;4*1-2/h1-8,11-12,21-22H,9-10H2;1-4,6-7,14-16H,5H2;1-4H,7-8H2;4*1-2H3. The fourth-order valence-electron chi connectivity index (χ4n) is 6.05. The van der Waals surface area contributed by atoms with E-state index in [1.54, 1.807) is 24.3 Å². The van der Waals surface area contributed by atoms with Gasteiger partial charge in [-0.15, -0.1) is 0 Å². The maximum absolute atomic E-state index is 9.45. The van der Waals surface area contributed by atoms with Crippen molar-refractivity contribution < 1.29 is 10.2 Å². The molecule has 0 aromatic heterocycles. The van der Waals surface area contributed by atoms with Gasteiger partial charge in [0.25, 0.3) is 0 Å². The summed E-state index contributed by atoms with van der Waals surface area (Å²) in [5, 5.41) is 29.3. The van der Waals surface area contributed by atoms with Gasteiger partial charge >= 0.3 is 0 Å². The van der Waals surface area contributed by atoms with Crippen LogP contribution >= 0.6 is 0 Å². The molecule has 284 valence electrons. The Balaban J connectivity index is 0.000000215. The number of fused-ring (bicyclic) bond motifs is 6. The summed E-state index contributed by atoms with van der Waals surface area (Å²) in [5.41, 5.74) is 26.6. The second kappa shape index (κ2) is 21.4. The number of nitrogen functional groups attached to an aromatic ring is 2. The number of phenols is 2. The number of hydrogen-bond acceptors (Lipinski definition) is 7. The first-order valence-corrected chi connectivity index (χ1v) is 19.3. The Labute approximate surface area is 323 Å². The Bertz CT molecular complexity index is 1860. The van der Waals surface area contributed by atoms with Crippen LogP contribution in [0.1, 0.15) is 88.8 Å². The van der Waals surface area contributed by atoms with Crippen LogP contribution in [0.15, 0.2) is 121 Å². The van der Waals surface area contributed by atoms with Gasteiger partial charge < -0.3 is 37.6 Å². The second-order valence-corrected chi connectivity index (χ2v) is 11.7. The third kappa shape index (κ3) is 10.5. The highest BCUT2D eigenvalue weighted by atomic mass is 16.3. The first-order valence-electron chi connectivity index (χ1n) is 19.3. The van der Waals surface area contributed by atoms with Crippen LogP contribution in [-0.4, -0.2) is 10.2 Å². The normalized spacial score (nSPS) is 11.1. The van der Waals surface area contributed by atoms with Crippen LogP contribution in [-0.2, 0) is 19.3 Å². The molecule has 0 amide bonds. The zero-order chi connectivity index (χ0) is 39.6. The van der Waals surface area contributed by atoms with E-state index >= 15 is 0 Å². The third-order valence-electron chi connectivity index (χ3n) is 8.53. The van der Waals surface area contributed by atoms with Crippen LogP contribution in [0.3, 0.4) is 0 Å². The van der Waals surface area contributed by atoms with Crippen molar-refractivity contribution in [1.29, 1.82) is 0 Å². The molecule has 0 saturated carbocycles. The van der Waals surface area contributed by atoms with E-state index in [9.17, 15) is 10.2 Å². The number of rotatable bonds is 0. The maximum atomic E-state index is 9.45. The Morgan fingerprint density at radius 1 is 0.352 bits per heavy atom. The van der Waals surface area contributed by atoms with Crippen molar-refractivity contribution in [2.24, 2.45) is 0 Å². The van der Waals surface area contributed by atoms with E-state index in [0.29, 0.717) is 11.4 Å².